The van der Waals surface area contributed by atoms with E-state index in [9.17, 15) is 5.11 Å². The van der Waals surface area contributed by atoms with Crippen molar-refractivity contribution in [1.29, 1.82) is 0 Å². The van der Waals surface area contributed by atoms with Crippen LogP contribution in [0.2, 0.25) is 5.02 Å². The number of aromatic nitrogens is 2. The molecule has 5 heteroatoms. The van der Waals surface area contributed by atoms with E-state index in [-0.39, 0.29) is 0 Å². The van der Waals surface area contributed by atoms with Crippen molar-refractivity contribution < 1.29 is 5.11 Å². The number of benzene rings is 1. The number of hydrogen-bond acceptors (Lipinski definition) is 2. The number of aliphatic hydroxyl groups is 1. The second-order valence-electron chi connectivity index (χ2n) is 4.14. The molecule has 96 valence electrons. The summed E-state index contributed by atoms with van der Waals surface area (Å²) >= 11 is 9.34. The largest absolute Gasteiger partial charge is 0.384 e. The van der Waals surface area contributed by atoms with Crippen LogP contribution < -0.4 is 0 Å². The molecule has 1 unspecified atom stereocenters. The maximum absolute atomic E-state index is 10.3. The quantitative estimate of drug-likeness (QED) is 0.926. The van der Waals surface area contributed by atoms with E-state index in [0.717, 1.165) is 28.6 Å². The summed E-state index contributed by atoms with van der Waals surface area (Å²) in [4.78, 5) is 0. The first kappa shape index (κ1) is 13.6. The monoisotopic (exact) mass is 328 g/mol. The molecule has 18 heavy (non-hydrogen) atoms. The Morgan fingerprint density at radius 3 is 2.83 bits per heavy atom. The standard InChI is InChI=1S/C13H14BrClN2O/c1-2-3-17-8-10(7-16-17)13(18)9-4-11(14)6-12(15)5-9/h4-8,13,18H,2-3H2,1H3. The summed E-state index contributed by atoms with van der Waals surface area (Å²) in [5.41, 5.74) is 1.53. The van der Waals surface area contributed by atoms with Crippen molar-refractivity contribution in [2.24, 2.45) is 0 Å². The molecule has 1 aromatic carbocycles. The first-order chi connectivity index (χ1) is 8.60. The zero-order valence-electron chi connectivity index (χ0n) is 9.98. The molecular formula is C13H14BrClN2O. The van der Waals surface area contributed by atoms with Gasteiger partial charge < -0.3 is 5.11 Å². The molecule has 0 saturated carbocycles. The topological polar surface area (TPSA) is 38.0 Å². The molecule has 2 aromatic rings. The summed E-state index contributed by atoms with van der Waals surface area (Å²) in [6, 6.07) is 5.40. The molecule has 0 aliphatic rings. The van der Waals surface area contributed by atoms with E-state index in [2.05, 4.69) is 28.0 Å². The Morgan fingerprint density at radius 2 is 2.17 bits per heavy atom. The third kappa shape index (κ3) is 3.13. The first-order valence-electron chi connectivity index (χ1n) is 5.76. The van der Waals surface area contributed by atoms with Crippen molar-refractivity contribution in [3.05, 3.63) is 51.2 Å². The van der Waals surface area contributed by atoms with Crippen LogP contribution in [0, 0.1) is 0 Å². The lowest BCUT2D eigenvalue weighted by Gasteiger charge is -2.09. The molecule has 1 N–H and O–H groups in total. The fraction of sp³-hybridized carbons (Fsp3) is 0.308. The van der Waals surface area contributed by atoms with Crippen molar-refractivity contribution in [2.45, 2.75) is 26.0 Å². The van der Waals surface area contributed by atoms with Crippen molar-refractivity contribution in [2.75, 3.05) is 0 Å². The van der Waals surface area contributed by atoms with E-state index >= 15 is 0 Å². The van der Waals surface area contributed by atoms with Gasteiger partial charge in [-0.15, -0.1) is 0 Å². The van der Waals surface area contributed by atoms with Crippen molar-refractivity contribution in [3.63, 3.8) is 0 Å². The van der Waals surface area contributed by atoms with Crippen LogP contribution in [-0.2, 0) is 6.54 Å². The van der Waals surface area contributed by atoms with Gasteiger partial charge in [-0.05, 0) is 30.2 Å². The minimum atomic E-state index is -0.703. The van der Waals surface area contributed by atoms with Gasteiger partial charge in [0.25, 0.3) is 0 Å². The van der Waals surface area contributed by atoms with Crippen molar-refractivity contribution >= 4 is 27.5 Å². The molecule has 1 heterocycles. The Hall–Kier alpha value is -0.840. The number of aliphatic hydroxyl groups excluding tert-OH is 1. The Bertz CT molecular complexity index is 521. The van der Waals surface area contributed by atoms with E-state index in [1.807, 2.05) is 16.9 Å². The highest BCUT2D eigenvalue weighted by atomic mass is 79.9. The molecule has 0 aliphatic carbocycles. The second kappa shape index (κ2) is 5.87. The van der Waals surface area contributed by atoms with Gasteiger partial charge in [0.05, 0.1) is 6.20 Å². The summed E-state index contributed by atoms with van der Waals surface area (Å²) in [7, 11) is 0. The molecule has 0 bridgehead atoms. The Kier molecular flexibility index (Phi) is 4.43. The van der Waals surface area contributed by atoms with Crippen LogP contribution in [0.5, 0.6) is 0 Å². The summed E-state index contributed by atoms with van der Waals surface area (Å²) in [5, 5.41) is 15.1. The van der Waals surface area contributed by atoms with Crippen molar-refractivity contribution in [3.8, 4) is 0 Å². The number of nitrogens with zero attached hydrogens (tertiary/aromatic N) is 2. The van der Waals surface area contributed by atoms with Gasteiger partial charge in [-0.2, -0.15) is 5.10 Å². The molecule has 0 radical (unpaired) electrons. The van der Waals surface area contributed by atoms with E-state index in [1.165, 1.54) is 0 Å². The maximum Gasteiger partial charge on any atom is 0.107 e. The Morgan fingerprint density at radius 1 is 1.39 bits per heavy atom. The predicted octanol–water partition coefficient (Wildman–Crippen LogP) is 3.79. The minimum Gasteiger partial charge on any atom is -0.384 e. The van der Waals surface area contributed by atoms with Gasteiger partial charge in [-0.1, -0.05) is 34.5 Å². The van der Waals surface area contributed by atoms with Gasteiger partial charge in [-0.3, -0.25) is 4.68 Å². The Balaban J connectivity index is 2.26. The van der Waals surface area contributed by atoms with Crippen LogP contribution in [0.1, 0.15) is 30.6 Å². The molecule has 0 fully saturated rings. The zero-order chi connectivity index (χ0) is 13.1. The van der Waals surface area contributed by atoms with Gasteiger partial charge in [-0.25, -0.2) is 0 Å². The third-order valence-electron chi connectivity index (χ3n) is 2.62. The van der Waals surface area contributed by atoms with E-state index in [0.29, 0.717) is 5.02 Å². The molecule has 0 aliphatic heterocycles. The maximum atomic E-state index is 10.3. The summed E-state index contributed by atoms with van der Waals surface area (Å²) < 4.78 is 2.68. The number of aryl methyl sites for hydroxylation is 1. The van der Waals surface area contributed by atoms with E-state index < -0.39 is 6.10 Å². The second-order valence-corrected chi connectivity index (χ2v) is 5.49. The summed E-state index contributed by atoms with van der Waals surface area (Å²) in [6.45, 7) is 2.94. The zero-order valence-corrected chi connectivity index (χ0v) is 12.3. The molecule has 0 amide bonds. The lowest BCUT2D eigenvalue weighted by Crippen LogP contribution is -1.99. The molecule has 1 atom stereocenters. The van der Waals surface area contributed by atoms with Crippen LogP contribution in [0.3, 0.4) is 0 Å². The van der Waals surface area contributed by atoms with Crippen LogP contribution in [0.15, 0.2) is 35.1 Å². The van der Waals surface area contributed by atoms with Gasteiger partial charge >= 0.3 is 0 Å². The molecule has 0 spiro atoms. The van der Waals surface area contributed by atoms with Gasteiger partial charge in [0, 0.05) is 27.8 Å². The highest BCUT2D eigenvalue weighted by molar-refractivity contribution is 9.10. The number of hydrogen-bond donors (Lipinski definition) is 1. The number of rotatable bonds is 4. The smallest absolute Gasteiger partial charge is 0.107 e. The molecule has 2 rings (SSSR count). The average molecular weight is 330 g/mol. The van der Waals surface area contributed by atoms with E-state index in [1.54, 1.807) is 18.3 Å². The molecular weight excluding hydrogens is 316 g/mol. The SMILES string of the molecule is CCCn1cc(C(O)c2cc(Cl)cc(Br)c2)cn1. The normalized spacial score (nSPS) is 12.7. The van der Waals surface area contributed by atoms with Crippen LogP contribution in [0.25, 0.3) is 0 Å². The highest BCUT2D eigenvalue weighted by Gasteiger charge is 2.13. The number of halogens is 2. The Labute approximate surface area is 120 Å². The van der Waals surface area contributed by atoms with Crippen LogP contribution in [0.4, 0.5) is 0 Å². The lowest BCUT2D eigenvalue weighted by molar-refractivity contribution is 0.220. The third-order valence-corrected chi connectivity index (χ3v) is 3.30. The first-order valence-corrected chi connectivity index (χ1v) is 6.93. The fourth-order valence-electron chi connectivity index (χ4n) is 1.80. The van der Waals surface area contributed by atoms with Crippen LogP contribution in [-0.4, -0.2) is 14.9 Å². The van der Waals surface area contributed by atoms with Crippen LogP contribution >= 0.6 is 27.5 Å². The van der Waals surface area contributed by atoms with Gasteiger partial charge in [0.2, 0.25) is 0 Å². The van der Waals surface area contributed by atoms with E-state index in [4.69, 9.17) is 11.6 Å². The highest BCUT2D eigenvalue weighted by Crippen LogP contribution is 2.27. The molecule has 0 saturated heterocycles. The fourth-order valence-corrected chi connectivity index (χ4v) is 2.68. The lowest BCUT2D eigenvalue weighted by atomic mass is 10.1. The minimum absolute atomic E-state index is 0.597. The van der Waals surface area contributed by atoms with Gasteiger partial charge in [0.15, 0.2) is 0 Å². The molecule has 3 nitrogen and oxygen atoms in total. The summed E-state index contributed by atoms with van der Waals surface area (Å²) in [5.74, 6) is 0. The summed E-state index contributed by atoms with van der Waals surface area (Å²) in [6.07, 6.45) is 3.86. The average Bonchev–Trinajstić information content (AvgIpc) is 2.76. The predicted molar refractivity (Wildman–Crippen MR) is 75.7 cm³/mol. The van der Waals surface area contributed by atoms with Gasteiger partial charge in [0.1, 0.15) is 6.10 Å². The van der Waals surface area contributed by atoms with Crippen molar-refractivity contribution in [1.82, 2.24) is 9.78 Å². The molecule has 1 aromatic heterocycles.